The third-order valence-electron chi connectivity index (χ3n) is 0.676. The van der Waals surface area contributed by atoms with E-state index in [0.29, 0.717) is 0 Å². The van der Waals surface area contributed by atoms with Crippen molar-refractivity contribution in [3.8, 4) is 5.06 Å². The van der Waals surface area contributed by atoms with Crippen molar-refractivity contribution in [2.45, 2.75) is 0 Å². The highest BCUT2D eigenvalue weighted by molar-refractivity contribution is 7.82. The van der Waals surface area contributed by atoms with Crippen LogP contribution < -0.4 is 4.74 Å². The van der Waals surface area contributed by atoms with Crippen molar-refractivity contribution in [2.75, 3.05) is 0 Å². The second-order valence-electron chi connectivity index (χ2n) is 1.27. The molecule has 0 N–H and O–H groups in total. The fraction of sp³-hybridized carbons (Fsp3) is 0. The van der Waals surface area contributed by atoms with E-state index in [1.165, 1.54) is 11.3 Å². The lowest BCUT2D eigenvalue weighted by Crippen LogP contribution is -1.92. The Kier molecular flexibility index (Phi) is 2.45. The van der Waals surface area contributed by atoms with E-state index in [-0.39, 0.29) is 4.51 Å². The zero-order valence-electron chi connectivity index (χ0n) is 4.33. The van der Waals surface area contributed by atoms with Gasteiger partial charge in [0.15, 0.2) is 5.06 Å². The van der Waals surface area contributed by atoms with E-state index in [0.717, 1.165) is 5.06 Å². The average Bonchev–Trinajstić information content (AvgIpc) is 2.15. The van der Waals surface area contributed by atoms with Crippen molar-refractivity contribution in [3.63, 3.8) is 0 Å². The van der Waals surface area contributed by atoms with E-state index >= 15 is 0 Å². The molecule has 0 radical (unpaired) electrons. The Labute approximate surface area is 67.2 Å². The van der Waals surface area contributed by atoms with Crippen molar-refractivity contribution < 1.29 is 4.74 Å². The largest absolute Gasteiger partial charge is 0.425 e. The SMILES string of the molecule is S=C(Cl)Oc1cccs1. The first kappa shape index (κ1) is 6.99. The molecule has 0 atom stereocenters. The van der Waals surface area contributed by atoms with E-state index in [4.69, 9.17) is 16.3 Å². The molecule has 0 aliphatic rings. The van der Waals surface area contributed by atoms with Gasteiger partial charge in [0.05, 0.1) is 0 Å². The molecular weight excluding hydrogens is 176 g/mol. The van der Waals surface area contributed by atoms with Gasteiger partial charge in [-0.2, -0.15) is 0 Å². The highest BCUT2D eigenvalue weighted by Crippen LogP contribution is 2.18. The molecule has 9 heavy (non-hydrogen) atoms. The molecule has 0 fully saturated rings. The van der Waals surface area contributed by atoms with Crippen LogP contribution in [0, 0.1) is 0 Å². The number of halogens is 1. The number of ether oxygens (including phenoxy) is 1. The Hall–Kier alpha value is -0.120. The van der Waals surface area contributed by atoms with Crippen LogP contribution in [0.25, 0.3) is 0 Å². The molecule has 0 saturated heterocycles. The molecule has 0 bridgehead atoms. The van der Waals surface area contributed by atoms with Crippen LogP contribution in [0.2, 0.25) is 0 Å². The van der Waals surface area contributed by atoms with E-state index in [9.17, 15) is 0 Å². The number of hydrogen-bond acceptors (Lipinski definition) is 3. The molecule has 0 aliphatic heterocycles. The Morgan fingerprint density at radius 1 is 1.78 bits per heavy atom. The summed E-state index contributed by atoms with van der Waals surface area (Å²) in [7, 11) is 0. The molecular formula is C5H3ClOS2. The highest BCUT2D eigenvalue weighted by Gasteiger charge is 1.94. The van der Waals surface area contributed by atoms with Crippen molar-refractivity contribution in [1.82, 2.24) is 0 Å². The van der Waals surface area contributed by atoms with Crippen molar-refractivity contribution >= 4 is 39.7 Å². The number of rotatable bonds is 1. The fourth-order valence-corrected chi connectivity index (χ4v) is 1.25. The Morgan fingerprint density at radius 3 is 3.00 bits per heavy atom. The second-order valence-corrected chi connectivity index (χ2v) is 3.12. The van der Waals surface area contributed by atoms with Crippen LogP contribution in [0.3, 0.4) is 0 Å². The molecule has 48 valence electrons. The quantitative estimate of drug-likeness (QED) is 0.483. The fourth-order valence-electron chi connectivity index (χ4n) is 0.401. The van der Waals surface area contributed by atoms with Crippen molar-refractivity contribution in [3.05, 3.63) is 17.5 Å². The molecule has 4 heteroatoms. The topological polar surface area (TPSA) is 9.23 Å². The minimum atomic E-state index is 0.0393. The van der Waals surface area contributed by atoms with E-state index in [2.05, 4.69) is 12.2 Å². The van der Waals surface area contributed by atoms with Gasteiger partial charge in [0.2, 0.25) is 0 Å². The lowest BCUT2D eigenvalue weighted by Gasteiger charge is -1.92. The lowest BCUT2D eigenvalue weighted by atomic mass is 10.7. The van der Waals surface area contributed by atoms with Crippen molar-refractivity contribution in [2.24, 2.45) is 0 Å². The van der Waals surface area contributed by atoms with E-state index < -0.39 is 0 Å². The summed E-state index contributed by atoms with van der Waals surface area (Å²) in [5.41, 5.74) is 0. The molecule has 0 aliphatic carbocycles. The smallest absolute Gasteiger partial charge is 0.261 e. The number of hydrogen-bond donors (Lipinski definition) is 0. The van der Waals surface area contributed by atoms with Gasteiger partial charge in [-0.3, -0.25) is 0 Å². The molecule has 0 aromatic carbocycles. The zero-order valence-corrected chi connectivity index (χ0v) is 6.72. The predicted molar refractivity (Wildman–Crippen MR) is 43.4 cm³/mol. The highest BCUT2D eigenvalue weighted by atomic mass is 35.5. The molecule has 1 heterocycles. The van der Waals surface area contributed by atoms with Gasteiger partial charge >= 0.3 is 0 Å². The number of thiocarbonyl (C=S) groups is 1. The summed E-state index contributed by atoms with van der Waals surface area (Å²) in [6.07, 6.45) is 0. The minimum absolute atomic E-state index is 0.0393. The maximum atomic E-state index is 5.29. The zero-order chi connectivity index (χ0) is 6.69. The predicted octanol–water partition coefficient (Wildman–Crippen LogP) is 2.65. The average molecular weight is 179 g/mol. The second kappa shape index (κ2) is 3.15. The van der Waals surface area contributed by atoms with Crippen LogP contribution >= 0.6 is 35.2 Å². The third-order valence-corrected chi connectivity index (χ3v) is 1.58. The monoisotopic (exact) mass is 178 g/mol. The first-order valence-corrected chi connectivity index (χ1v) is 3.86. The van der Waals surface area contributed by atoms with Gasteiger partial charge in [0.25, 0.3) is 4.51 Å². The first-order chi connectivity index (χ1) is 4.29. The summed E-state index contributed by atoms with van der Waals surface area (Å²) in [6, 6.07) is 3.68. The molecule has 1 rings (SSSR count). The molecule has 0 spiro atoms. The Balaban J connectivity index is 2.58. The number of thiophene rings is 1. The summed E-state index contributed by atoms with van der Waals surface area (Å²) in [5.74, 6) is 0. The van der Waals surface area contributed by atoms with Crippen LogP contribution in [-0.4, -0.2) is 4.51 Å². The van der Waals surface area contributed by atoms with Crippen LogP contribution in [-0.2, 0) is 0 Å². The van der Waals surface area contributed by atoms with Crippen LogP contribution in [0.5, 0.6) is 5.06 Å². The Bertz CT molecular complexity index is 195. The van der Waals surface area contributed by atoms with Gasteiger partial charge in [-0.25, -0.2) is 0 Å². The Morgan fingerprint density at radius 2 is 2.56 bits per heavy atom. The molecule has 0 unspecified atom stereocenters. The minimum Gasteiger partial charge on any atom is -0.425 e. The summed E-state index contributed by atoms with van der Waals surface area (Å²) in [6.45, 7) is 0. The third kappa shape index (κ3) is 2.30. The van der Waals surface area contributed by atoms with Gasteiger partial charge < -0.3 is 4.74 Å². The molecule has 1 aromatic heterocycles. The van der Waals surface area contributed by atoms with Gasteiger partial charge in [-0.15, -0.1) is 11.3 Å². The van der Waals surface area contributed by atoms with E-state index in [1.807, 2.05) is 11.4 Å². The standard InChI is InChI=1S/C5H3ClOS2/c6-5(8)7-4-2-1-3-9-4/h1-3H. The molecule has 1 nitrogen and oxygen atoms in total. The normalized spacial score (nSPS) is 9.00. The maximum Gasteiger partial charge on any atom is 0.261 e. The van der Waals surface area contributed by atoms with Crippen LogP contribution in [0.15, 0.2) is 17.5 Å². The summed E-state index contributed by atoms with van der Waals surface area (Å²) < 4.78 is 4.91. The summed E-state index contributed by atoms with van der Waals surface area (Å²) >= 11 is 11.2. The first-order valence-electron chi connectivity index (χ1n) is 2.20. The van der Waals surface area contributed by atoms with Crippen molar-refractivity contribution in [1.29, 1.82) is 0 Å². The van der Waals surface area contributed by atoms with Crippen LogP contribution in [0.4, 0.5) is 0 Å². The molecule has 0 saturated carbocycles. The molecule has 0 amide bonds. The summed E-state index contributed by atoms with van der Waals surface area (Å²) in [5, 5.41) is 2.62. The lowest BCUT2D eigenvalue weighted by molar-refractivity contribution is 0.595. The van der Waals surface area contributed by atoms with Crippen LogP contribution in [0.1, 0.15) is 0 Å². The van der Waals surface area contributed by atoms with Gasteiger partial charge in [-0.1, -0.05) is 0 Å². The summed E-state index contributed by atoms with van der Waals surface area (Å²) in [4.78, 5) is 0. The molecule has 1 aromatic rings. The van der Waals surface area contributed by atoms with E-state index in [1.54, 1.807) is 6.07 Å². The van der Waals surface area contributed by atoms with Gasteiger partial charge in [0.1, 0.15) is 0 Å². The van der Waals surface area contributed by atoms with Gasteiger partial charge in [0, 0.05) is 0 Å². The van der Waals surface area contributed by atoms with Gasteiger partial charge in [-0.05, 0) is 41.3 Å². The maximum absolute atomic E-state index is 5.29.